The standard InChI is InChI=1S/C8H8BrIO/c1-5-7(9)3-6(11-2)4-8(5)10/h3-4H,1-2H3. The van der Waals surface area contributed by atoms with E-state index < -0.39 is 0 Å². The van der Waals surface area contributed by atoms with Gasteiger partial charge in [-0.05, 0) is 47.2 Å². The highest BCUT2D eigenvalue weighted by Gasteiger charge is 2.01. The normalized spacial score (nSPS) is 9.82. The van der Waals surface area contributed by atoms with Gasteiger partial charge in [-0.15, -0.1) is 0 Å². The van der Waals surface area contributed by atoms with Crippen LogP contribution in [0.25, 0.3) is 0 Å². The zero-order valence-electron chi connectivity index (χ0n) is 6.32. The quantitative estimate of drug-likeness (QED) is 0.719. The molecule has 0 bridgehead atoms. The Balaban J connectivity index is 3.21. The molecular weight excluding hydrogens is 319 g/mol. The minimum absolute atomic E-state index is 0.895. The fraction of sp³-hybridized carbons (Fsp3) is 0.250. The fourth-order valence-electron chi connectivity index (χ4n) is 0.740. The highest BCUT2D eigenvalue weighted by atomic mass is 127. The molecule has 0 N–H and O–H groups in total. The highest BCUT2D eigenvalue weighted by molar-refractivity contribution is 14.1. The lowest BCUT2D eigenvalue weighted by Gasteiger charge is -2.04. The Labute approximate surface area is 88.4 Å². The third-order valence-electron chi connectivity index (χ3n) is 1.49. The van der Waals surface area contributed by atoms with Crippen LogP contribution in [0.15, 0.2) is 16.6 Å². The van der Waals surface area contributed by atoms with Gasteiger partial charge in [-0.25, -0.2) is 0 Å². The van der Waals surface area contributed by atoms with E-state index in [-0.39, 0.29) is 0 Å². The topological polar surface area (TPSA) is 9.23 Å². The molecule has 0 aliphatic heterocycles. The highest BCUT2D eigenvalue weighted by Crippen LogP contribution is 2.26. The lowest BCUT2D eigenvalue weighted by molar-refractivity contribution is 0.414. The van der Waals surface area contributed by atoms with Gasteiger partial charge in [0.25, 0.3) is 0 Å². The molecule has 0 saturated carbocycles. The summed E-state index contributed by atoms with van der Waals surface area (Å²) in [6.07, 6.45) is 0. The number of benzene rings is 1. The van der Waals surface area contributed by atoms with Gasteiger partial charge in [0.2, 0.25) is 0 Å². The summed E-state index contributed by atoms with van der Waals surface area (Å²) in [5.41, 5.74) is 1.26. The van der Waals surface area contributed by atoms with Crippen LogP contribution in [0.2, 0.25) is 0 Å². The molecule has 0 fully saturated rings. The molecular formula is C8H8BrIO. The Kier molecular flexibility index (Phi) is 3.18. The Morgan fingerprint density at radius 1 is 1.45 bits per heavy atom. The summed E-state index contributed by atoms with van der Waals surface area (Å²) in [5.74, 6) is 0.895. The van der Waals surface area contributed by atoms with Crippen molar-refractivity contribution in [3.8, 4) is 5.75 Å². The molecule has 0 atom stereocenters. The predicted octanol–water partition coefficient (Wildman–Crippen LogP) is 3.37. The van der Waals surface area contributed by atoms with Crippen LogP contribution in [0.1, 0.15) is 5.56 Å². The fourth-order valence-corrected chi connectivity index (χ4v) is 2.15. The molecule has 1 nitrogen and oxygen atoms in total. The first-order valence-electron chi connectivity index (χ1n) is 3.15. The SMILES string of the molecule is COc1cc(Br)c(C)c(I)c1. The van der Waals surface area contributed by atoms with Crippen molar-refractivity contribution in [3.63, 3.8) is 0 Å². The maximum atomic E-state index is 5.10. The van der Waals surface area contributed by atoms with Gasteiger partial charge in [0.1, 0.15) is 5.75 Å². The van der Waals surface area contributed by atoms with Crippen LogP contribution < -0.4 is 4.74 Å². The molecule has 1 aromatic carbocycles. The van der Waals surface area contributed by atoms with Crippen molar-refractivity contribution < 1.29 is 4.74 Å². The van der Waals surface area contributed by atoms with Crippen molar-refractivity contribution in [1.29, 1.82) is 0 Å². The number of rotatable bonds is 1. The van der Waals surface area contributed by atoms with Crippen LogP contribution in [0.3, 0.4) is 0 Å². The van der Waals surface area contributed by atoms with E-state index in [2.05, 4.69) is 45.4 Å². The number of methoxy groups -OCH3 is 1. The molecule has 3 heteroatoms. The zero-order chi connectivity index (χ0) is 8.43. The Hall–Kier alpha value is 0.230. The maximum Gasteiger partial charge on any atom is 0.121 e. The van der Waals surface area contributed by atoms with Crippen LogP contribution in [0.5, 0.6) is 5.75 Å². The third kappa shape index (κ3) is 2.08. The number of hydrogen-bond donors (Lipinski definition) is 0. The second kappa shape index (κ2) is 3.76. The average molecular weight is 327 g/mol. The van der Waals surface area contributed by atoms with Crippen LogP contribution in [0, 0.1) is 10.5 Å². The predicted molar refractivity (Wildman–Crippen MR) is 58.1 cm³/mol. The van der Waals surface area contributed by atoms with Crippen molar-refractivity contribution in [2.75, 3.05) is 7.11 Å². The second-order valence-electron chi connectivity index (χ2n) is 2.22. The number of halogens is 2. The van der Waals surface area contributed by atoms with E-state index in [0.717, 1.165) is 10.2 Å². The summed E-state index contributed by atoms with van der Waals surface area (Å²) < 4.78 is 7.41. The van der Waals surface area contributed by atoms with E-state index in [0.29, 0.717) is 0 Å². The van der Waals surface area contributed by atoms with Crippen molar-refractivity contribution in [2.45, 2.75) is 6.92 Å². The van der Waals surface area contributed by atoms with Crippen LogP contribution in [-0.2, 0) is 0 Å². The van der Waals surface area contributed by atoms with E-state index in [9.17, 15) is 0 Å². The van der Waals surface area contributed by atoms with Crippen LogP contribution in [0.4, 0.5) is 0 Å². The summed E-state index contributed by atoms with van der Waals surface area (Å²) in [6.45, 7) is 2.07. The summed E-state index contributed by atoms with van der Waals surface area (Å²) >= 11 is 5.74. The van der Waals surface area contributed by atoms with E-state index >= 15 is 0 Å². The van der Waals surface area contributed by atoms with Gasteiger partial charge >= 0.3 is 0 Å². The van der Waals surface area contributed by atoms with E-state index in [4.69, 9.17) is 4.74 Å². The first-order valence-corrected chi connectivity index (χ1v) is 5.02. The lowest BCUT2D eigenvalue weighted by atomic mass is 10.2. The molecule has 0 aliphatic rings. The Bertz CT molecular complexity index is 250. The van der Waals surface area contributed by atoms with Gasteiger partial charge in [-0.2, -0.15) is 0 Å². The van der Waals surface area contributed by atoms with Gasteiger partial charge < -0.3 is 4.74 Å². The monoisotopic (exact) mass is 326 g/mol. The van der Waals surface area contributed by atoms with E-state index in [1.807, 2.05) is 12.1 Å². The van der Waals surface area contributed by atoms with Crippen LogP contribution >= 0.6 is 38.5 Å². The molecule has 60 valence electrons. The van der Waals surface area contributed by atoms with E-state index in [1.165, 1.54) is 9.13 Å². The average Bonchev–Trinajstić information content (AvgIpc) is 1.99. The Morgan fingerprint density at radius 3 is 2.55 bits per heavy atom. The molecule has 1 rings (SSSR count). The minimum atomic E-state index is 0.895. The van der Waals surface area contributed by atoms with Gasteiger partial charge in [-0.1, -0.05) is 15.9 Å². The molecule has 1 aromatic rings. The summed E-state index contributed by atoms with van der Waals surface area (Å²) in [4.78, 5) is 0. The van der Waals surface area contributed by atoms with Crippen molar-refractivity contribution in [3.05, 3.63) is 25.7 Å². The maximum absolute atomic E-state index is 5.10. The molecule has 0 unspecified atom stereocenters. The van der Waals surface area contributed by atoms with Gasteiger partial charge in [-0.3, -0.25) is 0 Å². The Morgan fingerprint density at radius 2 is 2.09 bits per heavy atom. The van der Waals surface area contributed by atoms with E-state index in [1.54, 1.807) is 7.11 Å². The molecule has 0 heterocycles. The van der Waals surface area contributed by atoms with Gasteiger partial charge in [0.15, 0.2) is 0 Å². The molecule has 0 radical (unpaired) electrons. The lowest BCUT2D eigenvalue weighted by Crippen LogP contribution is -1.87. The second-order valence-corrected chi connectivity index (χ2v) is 4.23. The van der Waals surface area contributed by atoms with Crippen molar-refractivity contribution in [1.82, 2.24) is 0 Å². The molecule has 0 aromatic heterocycles. The first kappa shape index (κ1) is 9.32. The largest absolute Gasteiger partial charge is 0.497 e. The van der Waals surface area contributed by atoms with Gasteiger partial charge in [0.05, 0.1) is 7.11 Å². The zero-order valence-corrected chi connectivity index (χ0v) is 10.1. The van der Waals surface area contributed by atoms with Crippen LogP contribution in [-0.4, -0.2) is 7.11 Å². The summed E-state index contributed by atoms with van der Waals surface area (Å²) in [7, 11) is 1.67. The molecule has 0 aliphatic carbocycles. The number of ether oxygens (including phenoxy) is 1. The van der Waals surface area contributed by atoms with Crippen molar-refractivity contribution >= 4 is 38.5 Å². The minimum Gasteiger partial charge on any atom is -0.497 e. The smallest absolute Gasteiger partial charge is 0.121 e. The summed E-state index contributed by atoms with van der Waals surface area (Å²) in [6, 6.07) is 3.98. The van der Waals surface area contributed by atoms with Crippen molar-refractivity contribution in [2.24, 2.45) is 0 Å². The van der Waals surface area contributed by atoms with Gasteiger partial charge in [0, 0.05) is 8.04 Å². The third-order valence-corrected chi connectivity index (χ3v) is 3.43. The molecule has 0 spiro atoms. The first-order chi connectivity index (χ1) is 5.15. The number of hydrogen-bond acceptors (Lipinski definition) is 1. The summed E-state index contributed by atoms with van der Waals surface area (Å²) in [5, 5.41) is 0. The molecule has 11 heavy (non-hydrogen) atoms. The molecule has 0 saturated heterocycles. The molecule has 0 amide bonds.